The van der Waals surface area contributed by atoms with Crippen LogP contribution >= 0.6 is 27.3 Å². The molecule has 0 aliphatic carbocycles. The van der Waals surface area contributed by atoms with Crippen molar-refractivity contribution < 1.29 is 9.84 Å². The molecule has 1 aromatic carbocycles. The molecule has 4 heteroatoms. The minimum atomic E-state index is -0.0146. The predicted octanol–water partition coefficient (Wildman–Crippen LogP) is 3.89. The molecule has 0 saturated carbocycles. The van der Waals surface area contributed by atoms with Gasteiger partial charge in [-0.1, -0.05) is 15.9 Å². The molecule has 0 fully saturated rings. The van der Waals surface area contributed by atoms with Gasteiger partial charge >= 0.3 is 0 Å². The number of thiophene rings is 1. The van der Waals surface area contributed by atoms with Gasteiger partial charge in [0.1, 0.15) is 12.4 Å². The second-order valence-corrected chi connectivity index (χ2v) is 5.49. The van der Waals surface area contributed by atoms with Crippen LogP contribution in [0.25, 0.3) is 0 Å². The van der Waals surface area contributed by atoms with Gasteiger partial charge in [-0.2, -0.15) is 11.3 Å². The monoisotopic (exact) mass is 312 g/mol. The standard InChI is InChI=1S/C13H13BrO2S/c1-9-4-12(14)5-11(6-15)13(9)16-7-10-2-3-17-8-10/h2-5,8,15H,6-7H2,1H3. The highest BCUT2D eigenvalue weighted by atomic mass is 79.9. The van der Waals surface area contributed by atoms with Crippen LogP contribution in [0, 0.1) is 6.92 Å². The Balaban J connectivity index is 2.19. The highest BCUT2D eigenvalue weighted by Gasteiger charge is 2.08. The first-order valence-electron chi connectivity index (χ1n) is 5.24. The van der Waals surface area contributed by atoms with Crippen molar-refractivity contribution in [2.75, 3.05) is 0 Å². The highest BCUT2D eigenvalue weighted by Crippen LogP contribution is 2.29. The summed E-state index contributed by atoms with van der Waals surface area (Å²) < 4.78 is 6.74. The molecular weight excluding hydrogens is 300 g/mol. The van der Waals surface area contributed by atoms with Crippen LogP contribution < -0.4 is 4.74 Å². The minimum Gasteiger partial charge on any atom is -0.488 e. The molecule has 2 nitrogen and oxygen atoms in total. The molecule has 0 spiro atoms. The first-order chi connectivity index (χ1) is 8.20. The molecule has 17 heavy (non-hydrogen) atoms. The van der Waals surface area contributed by atoms with Crippen molar-refractivity contribution in [2.24, 2.45) is 0 Å². The molecule has 0 amide bonds. The van der Waals surface area contributed by atoms with Gasteiger partial charge in [-0.25, -0.2) is 0 Å². The van der Waals surface area contributed by atoms with Crippen LogP contribution in [0.5, 0.6) is 5.75 Å². The van der Waals surface area contributed by atoms with E-state index in [0.717, 1.165) is 26.9 Å². The van der Waals surface area contributed by atoms with Gasteiger partial charge in [0, 0.05) is 10.0 Å². The molecule has 0 aliphatic heterocycles. The van der Waals surface area contributed by atoms with Gasteiger partial charge in [-0.05, 0) is 47.0 Å². The van der Waals surface area contributed by atoms with Gasteiger partial charge in [-0.3, -0.25) is 0 Å². The van der Waals surface area contributed by atoms with Gasteiger partial charge in [-0.15, -0.1) is 0 Å². The number of hydrogen-bond acceptors (Lipinski definition) is 3. The fourth-order valence-corrected chi connectivity index (χ4v) is 2.93. The van der Waals surface area contributed by atoms with Crippen molar-refractivity contribution in [1.29, 1.82) is 0 Å². The molecular formula is C13H13BrO2S. The fourth-order valence-electron chi connectivity index (χ4n) is 1.65. The topological polar surface area (TPSA) is 29.5 Å². The van der Waals surface area contributed by atoms with E-state index < -0.39 is 0 Å². The molecule has 0 atom stereocenters. The lowest BCUT2D eigenvalue weighted by Crippen LogP contribution is -2.00. The second-order valence-electron chi connectivity index (χ2n) is 3.79. The van der Waals surface area contributed by atoms with E-state index in [1.165, 1.54) is 0 Å². The summed E-state index contributed by atoms with van der Waals surface area (Å²) in [5, 5.41) is 13.4. The van der Waals surface area contributed by atoms with E-state index in [4.69, 9.17) is 4.74 Å². The third-order valence-electron chi connectivity index (χ3n) is 2.45. The summed E-state index contributed by atoms with van der Waals surface area (Å²) in [7, 11) is 0. The maximum atomic E-state index is 9.33. The summed E-state index contributed by atoms with van der Waals surface area (Å²) in [6, 6.07) is 5.91. The summed E-state index contributed by atoms with van der Waals surface area (Å²) in [6.07, 6.45) is 0. The van der Waals surface area contributed by atoms with E-state index in [2.05, 4.69) is 21.3 Å². The molecule has 2 rings (SSSR count). The average Bonchev–Trinajstić information content (AvgIpc) is 2.79. The second kappa shape index (κ2) is 5.67. The molecule has 1 aromatic heterocycles. The van der Waals surface area contributed by atoms with Gasteiger partial charge in [0.25, 0.3) is 0 Å². The number of aliphatic hydroxyl groups is 1. The first kappa shape index (κ1) is 12.6. The number of aryl methyl sites for hydroxylation is 1. The van der Waals surface area contributed by atoms with E-state index in [-0.39, 0.29) is 6.61 Å². The largest absolute Gasteiger partial charge is 0.488 e. The maximum Gasteiger partial charge on any atom is 0.128 e. The Morgan fingerprint density at radius 2 is 2.24 bits per heavy atom. The van der Waals surface area contributed by atoms with Crippen molar-refractivity contribution in [3.05, 3.63) is 50.1 Å². The van der Waals surface area contributed by atoms with Crippen molar-refractivity contribution >= 4 is 27.3 Å². The number of ether oxygens (including phenoxy) is 1. The molecule has 0 radical (unpaired) electrons. The Morgan fingerprint density at radius 1 is 1.41 bits per heavy atom. The van der Waals surface area contributed by atoms with Crippen molar-refractivity contribution in [3.8, 4) is 5.75 Å². The Hall–Kier alpha value is -0.840. The van der Waals surface area contributed by atoms with E-state index in [9.17, 15) is 5.11 Å². The SMILES string of the molecule is Cc1cc(Br)cc(CO)c1OCc1ccsc1. The Kier molecular flexibility index (Phi) is 4.20. The average molecular weight is 313 g/mol. The summed E-state index contributed by atoms with van der Waals surface area (Å²) in [5.74, 6) is 0.780. The van der Waals surface area contributed by atoms with Crippen LogP contribution in [0.1, 0.15) is 16.7 Å². The first-order valence-corrected chi connectivity index (χ1v) is 6.98. The van der Waals surface area contributed by atoms with Gasteiger partial charge in [0.15, 0.2) is 0 Å². The van der Waals surface area contributed by atoms with Crippen LogP contribution in [0.2, 0.25) is 0 Å². The summed E-state index contributed by atoms with van der Waals surface area (Å²) in [6.45, 7) is 2.51. The summed E-state index contributed by atoms with van der Waals surface area (Å²) >= 11 is 5.07. The predicted molar refractivity (Wildman–Crippen MR) is 73.5 cm³/mol. The van der Waals surface area contributed by atoms with Crippen LogP contribution in [0.4, 0.5) is 0 Å². The Morgan fingerprint density at radius 3 is 2.88 bits per heavy atom. The molecule has 1 N–H and O–H groups in total. The summed E-state index contributed by atoms with van der Waals surface area (Å²) in [5.41, 5.74) is 2.99. The molecule has 2 aromatic rings. The molecule has 0 unspecified atom stereocenters. The highest BCUT2D eigenvalue weighted by molar-refractivity contribution is 9.10. The lowest BCUT2D eigenvalue weighted by molar-refractivity contribution is 0.258. The van der Waals surface area contributed by atoms with E-state index in [1.54, 1.807) is 11.3 Å². The van der Waals surface area contributed by atoms with Crippen molar-refractivity contribution in [1.82, 2.24) is 0 Å². The van der Waals surface area contributed by atoms with E-state index in [1.807, 2.05) is 30.5 Å². The third kappa shape index (κ3) is 3.09. The van der Waals surface area contributed by atoms with E-state index >= 15 is 0 Å². The maximum absolute atomic E-state index is 9.33. The number of rotatable bonds is 4. The van der Waals surface area contributed by atoms with E-state index in [0.29, 0.717) is 6.61 Å². The summed E-state index contributed by atoms with van der Waals surface area (Å²) in [4.78, 5) is 0. The fraction of sp³-hybridized carbons (Fsp3) is 0.231. The molecule has 1 heterocycles. The normalized spacial score (nSPS) is 10.5. The number of benzene rings is 1. The Bertz CT molecular complexity index is 494. The minimum absolute atomic E-state index is 0.0146. The molecule has 0 saturated heterocycles. The zero-order valence-corrected chi connectivity index (χ0v) is 11.8. The zero-order valence-electron chi connectivity index (χ0n) is 9.44. The number of hydrogen-bond donors (Lipinski definition) is 1. The van der Waals surface area contributed by atoms with Crippen LogP contribution in [0.3, 0.4) is 0 Å². The van der Waals surface area contributed by atoms with Crippen molar-refractivity contribution in [3.63, 3.8) is 0 Å². The quantitative estimate of drug-likeness (QED) is 0.928. The molecule has 0 bridgehead atoms. The number of aliphatic hydroxyl groups excluding tert-OH is 1. The van der Waals surface area contributed by atoms with Gasteiger partial charge < -0.3 is 9.84 Å². The van der Waals surface area contributed by atoms with Crippen LogP contribution in [-0.2, 0) is 13.2 Å². The lowest BCUT2D eigenvalue weighted by atomic mass is 10.1. The molecule has 90 valence electrons. The number of halogens is 1. The van der Waals surface area contributed by atoms with Crippen LogP contribution in [0.15, 0.2) is 33.4 Å². The zero-order chi connectivity index (χ0) is 12.3. The molecule has 0 aliphatic rings. The Labute approximate surface area is 113 Å². The van der Waals surface area contributed by atoms with Crippen molar-refractivity contribution in [2.45, 2.75) is 20.1 Å². The lowest BCUT2D eigenvalue weighted by Gasteiger charge is -2.13. The smallest absolute Gasteiger partial charge is 0.128 e. The van der Waals surface area contributed by atoms with Gasteiger partial charge in [0.2, 0.25) is 0 Å². The van der Waals surface area contributed by atoms with Gasteiger partial charge in [0.05, 0.1) is 6.61 Å². The third-order valence-corrected chi connectivity index (χ3v) is 3.64. The van der Waals surface area contributed by atoms with Crippen LogP contribution in [-0.4, -0.2) is 5.11 Å².